The predicted octanol–water partition coefficient (Wildman–Crippen LogP) is 7.56. The Morgan fingerprint density at radius 2 is 1.71 bits per heavy atom. The zero-order valence-electron chi connectivity index (χ0n) is 20.9. The minimum absolute atomic E-state index is 0.183. The summed E-state index contributed by atoms with van der Waals surface area (Å²) in [6.45, 7) is 10.9. The monoisotopic (exact) mass is 469 g/mol. The molecule has 1 aromatic heterocycles. The minimum Gasteiger partial charge on any atom is -0.494 e. The highest BCUT2D eigenvalue weighted by Crippen LogP contribution is 2.38. The molecular weight excluding hydrogens is 438 g/mol. The molecule has 0 aliphatic carbocycles. The third-order valence-corrected chi connectivity index (χ3v) is 5.88. The Morgan fingerprint density at radius 3 is 2.43 bits per heavy atom. The maximum atomic E-state index is 12.9. The number of allylic oxidation sites excluding steroid dienone is 1. The van der Waals surface area contributed by atoms with Crippen LogP contribution in [0.1, 0.15) is 37.5 Å². The Hall–Kier alpha value is -3.99. The number of benzene rings is 3. The molecule has 0 bridgehead atoms. The van der Waals surface area contributed by atoms with Gasteiger partial charge in [0.2, 0.25) is 5.91 Å². The molecule has 0 aliphatic heterocycles. The average Bonchev–Trinajstić information content (AvgIpc) is 3.24. The number of furan rings is 1. The maximum absolute atomic E-state index is 12.9. The Balaban J connectivity index is 1.70. The zero-order chi connectivity index (χ0) is 24.9. The summed E-state index contributed by atoms with van der Waals surface area (Å²) in [5, 5.41) is 3.96. The zero-order valence-corrected chi connectivity index (χ0v) is 20.9. The smallest absolute Gasteiger partial charge is 0.248 e. The van der Waals surface area contributed by atoms with Crippen molar-refractivity contribution >= 4 is 28.1 Å². The highest BCUT2D eigenvalue weighted by atomic mass is 16.5. The van der Waals surface area contributed by atoms with E-state index in [4.69, 9.17) is 13.9 Å². The number of anilines is 1. The third-order valence-electron chi connectivity index (χ3n) is 5.88. The van der Waals surface area contributed by atoms with Crippen LogP contribution in [0.15, 0.2) is 71.4 Å². The molecule has 0 fully saturated rings. The molecule has 0 atom stereocenters. The molecular formula is C30H31NO4. The van der Waals surface area contributed by atoms with E-state index in [1.54, 1.807) is 12.3 Å². The van der Waals surface area contributed by atoms with Crippen molar-refractivity contribution in [1.29, 1.82) is 0 Å². The first-order chi connectivity index (χ1) is 16.9. The van der Waals surface area contributed by atoms with E-state index in [0.717, 1.165) is 55.8 Å². The van der Waals surface area contributed by atoms with Crippen molar-refractivity contribution in [3.63, 3.8) is 0 Å². The first kappa shape index (κ1) is 24.1. The van der Waals surface area contributed by atoms with Crippen molar-refractivity contribution in [1.82, 2.24) is 0 Å². The molecule has 0 saturated heterocycles. The minimum atomic E-state index is -0.183. The van der Waals surface area contributed by atoms with Gasteiger partial charge in [-0.3, -0.25) is 4.79 Å². The molecule has 0 spiro atoms. The van der Waals surface area contributed by atoms with E-state index in [-0.39, 0.29) is 5.91 Å². The molecule has 5 nitrogen and oxygen atoms in total. The summed E-state index contributed by atoms with van der Waals surface area (Å²) in [7, 11) is 0. The fraction of sp³-hybridized carbons (Fsp3) is 0.233. The summed E-state index contributed by atoms with van der Waals surface area (Å²) in [6, 6.07) is 17.9. The molecule has 3 aromatic carbocycles. The first-order valence-electron chi connectivity index (χ1n) is 11.9. The number of nitrogens with one attached hydrogen (secondary N) is 1. The fourth-order valence-electron chi connectivity index (χ4n) is 4.07. The normalized spacial score (nSPS) is 11.5. The van der Waals surface area contributed by atoms with E-state index < -0.39 is 0 Å². The summed E-state index contributed by atoms with van der Waals surface area (Å²) in [5.74, 6) is 1.33. The molecule has 1 N–H and O–H groups in total. The van der Waals surface area contributed by atoms with Crippen molar-refractivity contribution < 1.29 is 18.7 Å². The van der Waals surface area contributed by atoms with Gasteiger partial charge >= 0.3 is 0 Å². The van der Waals surface area contributed by atoms with E-state index in [1.165, 1.54) is 0 Å². The Kier molecular flexibility index (Phi) is 7.25. The van der Waals surface area contributed by atoms with Gasteiger partial charge in [-0.1, -0.05) is 24.3 Å². The highest BCUT2D eigenvalue weighted by molar-refractivity contribution is 6.05. The number of hydrogen-bond acceptors (Lipinski definition) is 4. The van der Waals surface area contributed by atoms with Crippen molar-refractivity contribution in [2.75, 3.05) is 18.5 Å². The molecule has 1 amide bonds. The molecule has 5 heteroatoms. The number of amides is 1. The number of fused-ring (bicyclic) bond motifs is 1. The number of carbonyl (C=O) groups excluding carboxylic acids is 1. The standard InChI is InChI=1S/C30H31NO4/c1-6-33-23-12-10-22(11-13-23)26-18-35-29-17-28(34-7-2)24(16-25(26)29)21(5)15-30(32)31-27-14-19(3)8-9-20(27)4/h8-18H,6-7H2,1-5H3,(H,31,32)/b21-15+. The first-order valence-corrected chi connectivity index (χ1v) is 11.9. The van der Waals surface area contributed by atoms with Crippen molar-refractivity contribution in [2.45, 2.75) is 34.6 Å². The van der Waals surface area contributed by atoms with Crippen LogP contribution in [-0.2, 0) is 4.79 Å². The van der Waals surface area contributed by atoms with Gasteiger partial charge in [-0.05, 0) is 81.1 Å². The van der Waals surface area contributed by atoms with Crippen LogP contribution in [0.2, 0.25) is 0 Å². The number of hydrogen-bond donors (Lipinski definition) is 1. The largest absolute Gasteiger partial charge is 0.494 e. The van der Waals surface area contributed by atoms with Gasteiger partial charge in [-0.15, -0.1) is 0 Å². The van der Waals surface area contributed by atoms with Crippen LogP contribution in [0.3, 0.4) is 0 Å². The summed E-state index contributed by atoms with van der Waals surface area (Å²) in [5.41, 5.74) is 7.31. The molecule has 180 valence electrons. The van der Waals surface area contributed by atoms with Gasteiger partial charge in [0, 0.05) is 34.3 Å². The van der Waals surface area contributed by atoms with Crippen molar-refractivity contribution in [3.05, 3.63) is 83.6 Å². The van der Waals surface area contributed by atoms with Crippen LogP contribution in [0, 0.1) is 13.8 Å². The Morgan fingerprint density at radius 1 is 0.971 bits per heavy atom. The fourth-order valence-corrected chi connectivity index (χ4v) is 4.07. The lowest BCUT2D eigenvalue weighted by Crippen LogP contribution is -2.10. The third kappa shape index (κ3) is 5.40. The van der Waals surface area contributed by atoms with Crippen LogP contribution in [-0.4, -0.2) is 19.1 Å². The maximum Gasteiger partial charge on any atom is 0.248 e. The molecule has 0 unspecified atom stereocenters. The highest BCUT2D eigenvalue weighted by Gasteiger charge is 2.16. The number of carbonyl (C=O) groups is 1. The number of rotatable bonds is 8. The molecule has 0 saturated carbocycles. The van der Waals surface area contributed by atoms with Gasteiger partial charge in [0.1, 0.15) is 17.1 Å². The van der Waals surface area contributed by atoms with Gasteiger partial charge in [0.15, 0.2) is 0 Å². The van der Waals surface area contributed by atoms with E-state index in [0.29, 0.717) is 19.0 Å². The van der Waals surface area contributed by atoms with Gasteiger partial charge in [-0.2, -0.15) is 0 Å². The SMILES string of the molecule is CCOc1ccc(-c2coc3cc(OCC)c(/C(C)=C/C(=O)Nc4cc(C)ccc4C)cc23)cc1. The lowest BCUT2D eigenvalue weighted by atomic mass is 9.99. The molecule has 35 heavy (non-hydrogen) atoms. The topological polar surface area (TPSA) is 60.7 Å². The van der Waals surface area contributed by atoms with Crippen LogP contribution in [0.4, 0.5) is 5.69 Å². The number of aryl methyl sites for hydroxylation is 2. The lowest BCUT2D eigenvalue weighted by molar-refractivity contribution is -0.111. The summed E-state index contributed by atoms with van der Waals surface area (Å²) in [4.78, 5) is 12.9. The van der Waals surface area contributed by atoms with E-state index in [2.05, 4.69) is 5.32 Å². The van der Waals surface area contributed by atoms with Crippen molar-refractivity contribution in [3.8, 4) is 22.6 Å². The van der Waals surface area contributed by atoms with E-state index >= 15 is 0 Å². The van der Waals surface area contributed by atoms with Gasteiger partial charge in [0.05, 0.1) is 19.5 Å². The van der Waals surface area contributed by atoms with E-state index in [1.807, 2.05) is 89.2 Å². The molecule has 0 aliphatic rings. The quantitative estimate of drug-likeness (QED) is 0.271. The Bertz CT molecular complexity index is 1380. The van der Waals surface area contributed by atoms with Crippen LogP contribution >= 0.6 is 0 Å². The second-order valence-electron chi connectivity index (χ2n) is 8.52. The predicted molar refractivity (Wildman–Crippen MR) is 142 cm³/mol. The summed E-state index contributed by atoms with van der Waals surface area (Å²) >= 11 is 0. The van der Waals surface area contributed by atoms with Crippen molar-refractivity contribution in [2.24, 2.45) is 0 Å². The summed E-state index contributed by atoms with van der Waals surface area (Å²) in [6.07, 6.45) is 3.37. The molecule has 4 rings (SSSR count). The molecule has 1 heterocycles. The number of ether oxygens (including phenoxy) is 2. The second-order valence-corrected chi connectivity index (χ2v) is 8.52. The van der Waals surface area contributed by atoms with Gasteiger partial charge in [0.25, 0.3) is 0 Å². The average molecular weight is 470 g/mol. The lowest BCUT2D eigenvalue weighted by Gasteiger charge is -2.12. The van der Waals surface area contributed by atoms with E-state index in [9.17, 15) is 4.79 Å². The molecule has 4 aromatic rings. The van der Waals surface area contributed by atoms with Crippen LogP contribution in [0.5, 0.6) is 11.5 Å². The van der Waals surface area contributed by atoms with Crippen LogP contribution in [0.25, 0.3) is 27.7 Å². The van der Waals surface area contributed by atoms with Gasteiger partial charge < -0.3 is 19.2 Å². The Labute approximate surface area is 206 Å². The van der Waals surface area contributed by atoms with Gasteiger partial charge in [-0.25, -0.2) is 0 Å². The molecule has 0 radical (unpaired) electrons. The summed E-state index contributed by atoms with van der Waals surface area (Å²) < 4.78 is 17.4. The second kappa shape index (κ2) is 10.5. The van der Waals surface area contributed by atoms with Crippen LogP contribution < -0.4 is 14.8 Å².